The van der Waals surface area contributed by atoms with E-state index in [0.717, 1.165) is 31.5 Å². The van der Waals surface area contributed by atoms with E-state index in [-0.39, 0.29) is 6.04 Å². The summed E-state index contributed by atoms with van der Waals surface area (Å²) in [4.78, 5) is 12.3. The normalized spacial score (nSPS) is 20.4. The van der Waals surface area contributed by atoms with E-state index in [9.17, 15) is 13.2 Å². The Hall–Kier alpha value is -1.64. The van der Waals surface area contributed by atoms with Gasteiger partial charge in [0.2, 0.25) is 10.0 Å². The molecule has 162 valence electrons. The van der Waals surface area contributed by atoms with Crippen LogP contribution in [0.4, 0.5) is 4.79 Å². The minimum absolute atomic E-state index is 0.0719. The number of ether oxygens (including phenoxy) is 1. The van der Waals surface area contributed by atoms with Crippen molar-refractivity contribution in [2.45, 2.75) is 68.9 Å². The van der Waals surface area contributed by atoms with Crippen LogP contribution in [0, 0.1) is 0 Å². The summed E-state index contributed by atoms with van der Waals surface area (Å²) in [5.41, 5.74) is 0.558. The maximum Gasteiger partial charge on any atom is 0.407 e. The SMILES string of the molecule is CC(C)(C)OC(=O)NC1CCN(S(=O)(=O)c2cccc(C3CCNCC3)c2)CC1. The number of hydrogen-bond acceptors (Lipinski definition) is 5. The lowest BCUT2D eigenvalue weighted by molar-refractivity contribution is 0.0489. The molecule has 0 aromatic heterocycles. The molecule has 2 aliphatic heterocycles. The summed E-state index contributed by atoms with van der Waals surface area (Å²) in [6.45, 7) is 8.18. The van der Waals surface area contributed by atoms with Crippen molar-refractivity contribution in [3.63, 3.8) is 0 Å². The topological polar surface area (TPSA) is 87.7 Å². The first-order chi connectivity index (χ1) is 13.6. The molecule has 3 rings (SSSR count). The first kappa shape index (κ1) is 22.1. The Balaban J connectivity index is 1.60. The van der Waals surface area contributed by atoms with Gasteiger partial charge < -0.3 is 15.4 Å². The molecule has 0 spiro atoms. The number of hydrogen-bond donors (Lipinski definition) is 2. The van der Waals surface area contributed by atoms with Crippen LogP contribution in [0.3, 0.4) is 0 Å². The predicted octanol–water partition coefficient (Wildman–Crippen LogP) is 2.83. The third kappa shape index (κ3) is 5.93. The summed E-state index contributed by atoms with van der Waals surface area (Å²) in [5, 5.41) is 6.20. The van der Waals surface area contributed by atoms with Gasteiger partial charge in [0.25, 0.3) is 0 Å². The van der Waals surface area contributed by atoms with Crippen molar-refractivity contribution in [2.75, 3.05) is 26.2 Å². The molecule has 2 heterocycles. The number of carbonyl (C=O) groups is 1. The smallest absolute Gasteiger partial charge is 0.407 e. The maximum atomic E-state index is 13.1. The van der Waals surface area contributed by atoms with Crippen molar-refractivity contribution >= 4 is 16.1 Å². The van der Waals surface area contributed by atoms with Crippen LogP contribution in [0.25, 0.3) is 0 Å². The van der Waals surface area contributed by atoms with E-state index in [2.05, 4.69) is 10.6 Å². The summed E-state index contributed by atoms with van der Waals surface area (Å²) < 4.78 is 33.1. The monoisotopic (exact) mass is 423 g/mol. The Labute approximate surface area is 174 Å². The second-order valence-electron chi connectivity index (χ2n) is 8.92. The summed E-state index contributed by atoms with van der Waals surface area (Å²) in [6, 6.07) is 7.34. The second kappa shape index (κ2) is 9.02. The minimum atomic E-state index is -3.53. The number of amides is 1. The van der Waals surface area contributed by atoms with Gasteiger partial charge in [-0.3, -0.25) is 0 Å². The minimum Gasteiger partial charge on any atom is -0.444 e. The summed E-state index contributed by atoms with van der Waals surface area (Å²) >= 11 is 0. The highest BCUT2D eigenvalue weighted by Crippen LogP contribution is 2.28. The summed E-state index contributed by atoms with van der Waals surface area (Å²) in [6.07, 6.45) is 2.77. The molecule has 2 N–H and O–H groups in total. The van der Waals surface area contributed by atoms with Gasteiger partial charge >= 0.3 is 6.09 Å². The van der Waals surface area contributed by atoms with Crippen LogP contribution in [-0.4, -0.2) is 56.6 Å². The molecule has 7 nitrogen and oxygen atoms in total. The van der Waals surface area contributed by atoms with Gasteiger partial charge in [0.15, 0.2) is 0 Å². The number of alkyl carbamates (subject to hydrolysis) is 1. The van der Waals surface area contributed by atoms with E-state index < -0.39 is 21.7 Å². The average molecular weight is 424 g/mol. The van der Waals surface area contributed by atoms with Gasteiger partial charge in [0, 0.05) is 19.1 Å². The van der Waals surface area contributed by atoms with Gasteiger partial charge in [-0.15, -0.1) is 0 Å². The van der Waals surface area contributed by atoms with Gasteiger partial charge in [0.05, 0.1) is 4.90 Å². The third-order valence-corrected chi connectivity index (χ3v) is 7.38. The fourth-order valence-corrected chi connectivity index (χ4v) is 5.47. The number of piperidine rings is 2. The maximum absolute atomic E-state index is 13.1. The number of benzene rings is 1. The predicted molar refractivity (Wildman–Crippen MR) is 112 cm³/mol. The summed E-state index contributed by atoms with van der Waals surface area (Å²) in [5.74, 6) is 0.412. The van der Waals surface area contributed by atoms with Crippen molar-refractivity contribution in [3.8, 4) is 0 Å². The number of carbonyl (C=O) groups excluding carboxylic acids is 1. The highest BCUT2D eigenvalue weighted by atomic mass is 32.2. The molecule has 8 heteroatoms. The lowest BCUT2D eigenvalue weighted by Gasteiger charge is -2.32. The zero-order chi connectivity index (χ0) is 21.1. The van der Waals surface area contributed by atoms with Crippen LogP contribution in [0.15, 0.2) is 29.2 Å². The highest BCUT2D eigenvalue weighted by Gasteiger charge is 2.31. The zero-order valence-corrected chi connectivity index (χ0v) is 18.4. The molecule has 2 fully saturated rings. The van der Waals surface area contributed by atoms with Crippen LogP contribution in [-0.2, 0) is 14.8 Å². The van der Waals surface area contributed by atoms with E-state index in [0.29, 0.717) is 36.7 Å². The molecule has 29 heavy (non-hydrogen) atoms. The quantitative estimate of drug-likeness (QED) is 0.778. The molecular formula is C21H33N3O4S. The molecule has 0 radical (unpaired) electrons. The molecule has 1 aromatic carbocycles. The fraction of sp³-hybridized carbons (Fsp3) is 0.667. The van der Waals surface area contributed by atoms with Crippen molar-refractivity contribution < 1.29 is 17.9 Å². The molecule has 1 amide bonds. The number of nitrogens with one attached hydrogen (secondary N) is 2. The number of rotatable bonds is 4. The van der Waals surface area contributed by atoms with E-state index in [1.165, 1.54) is 4.31 Å². The Morgan fingerprint density at radius 2 is 1.79 bits per heavy atom. The number of sulfonamides is 1. The lowest BCUT2D eigenvalue weighted by atomic mass is 9.90. The third-order valence-electron chi connectivity index (χ3n) is 5.48. The van der Waals surface area contributed by atoms with E-state index in [4.69, 9.17) is 4.74 Å². The molecule has 0 saturated carbocycles. The first-order valence-corrected chi connectivity index (χ1v) is 11.9. The largest absolute Gasteiger partial charge is 0.444 e. The standard InChI is InChI=1S/C21H33N3O4S/c1-21(2,3)28-20(25)23-18-9-13-24(14-10-18)29(26,27)19-6-4-5-17(15-19)16-7-11-22-12-8-16/h4-6,15-16,18,22H,7-14H2,1-3H3,(H,23,25). The molecule has 2 saturated heterocycles. The van der Waals surface area contributed by atoms with Gasteiger partial charge in [-0.1, -0.05) is 12.1 Å². The molecule has 1 aromatic rings. The second-order valence-corrected chi connectivity index (χ2v) is 10.9. The lowest BCUT2D eigenvalue weighted by Crippen LogP contribution is -2.47. The zero-order valence-electron chi connectivity index (χ0n) is 17.6. The van der Waals surface area contributed by atoms with Crippen molar-refractivity contribution in [1.82, 2.24) is 14.9 Å². The van der Waals surface area contributed by atoms with E-state index in [1.807, 2.05) is 39.0 Å². The molecule has 0 aliphatic carbocycles. The van der Waals surface area contributed by atoms with Gasteiger partial charge in [-0.25, -0.2) is 13.2 Å². The molecule has 0 unspecified atom stereocenters. The Morgan fingerprint density at radius 3 is 2.41 bits per heavy atom. The Morgan fingerprint density at radius 1 is 1.14 bits per heavy atom. The molecular weight excluding hydrogens is 390 g/mol. The Kier molecular flexibility index (Phi) is 6.86. The molecule has 0 bridgehead atoms. The van der Waals surface area contributed by atoms with Crippen LogP contribution >= 0.6 is 0 Å². The van der Waals surface area contributed by atoms with Crippen LogP contribution in [0.5, 0.6) is 0 Å². The Bertz CT molecular complexity index is 805. The summed E-state index contributed by atoms with van der Waals surface area (Å²) in [7, 11) is -3.53. The number of nitrogens with zero attached hydrogens (tertiary/aromatic N) is 1. The van der Waals surface area contributed by atoms with E-state index in [1.54, 1.807) is 6.07 Å². The van der Waals surface area contributed by atoms with Crippen molar-refractivity contribution in [1.29, 1.82) is 0 Å². The van der Waals surface area contributed by atoms with Crippen molar-refractivity contribution in [2.24, 2.45) is 0 Å². The first-order valence-electron chi connectivity index (χ1n) is 10.5. The average Bonchev–Trinajstić information content (AvgIpc) is 2.68. The van der Waals surface area contributed by atoms with Crippen LogP contribution in [0.2, 0.25) is 0 Å². The highest BCUT2D eigenvalue weighted by molar-refractivity contribution is 7.89. The van der Waals surface area contributed by atoms with Gasteiger partial charge in [0.1, 0.15) is 5.60 Å². The van der Waals surface area contributed by atoms with E-state index >= 15 is 0 Å². The molecule has 2 aliphatic rings. The van der Waals surface area contributed by atoms with Crippen molar-refractivity contribution in [3.05, 3.63) is 29.8 Å². The van der Waals surface area contributed by atoms with Gasteiger partial charge in [-0.05, 0) is 83.2 Å². The van der Waals surface area contributed by atoms with Crippen LogP contribution in [0.1, 0.15) is 57.9 Å². The molecule has 0 atom stereocenters. The van der Waals surface area contributed by atoms with Crippen LogP contribution < -0.4 is 10.6 Å². The van der Waals surface area contributed by atoms with Gasteiger partial charge in [-0.2, -0.15) is 4.31 Å². The fourth-order valence-electron chi connectivity index (χ4n) is 3.95.